The van der Waals surface area contributed by atoms with Gasteiger partial charge in [-0.1, -0.05) is 0 Å². The Bertz CT molecular complexity index is 592. The van der Waals surface area contributed by atoms with Crippen molar-refractivity contribution in [2.75, 3.05) is 19.6 Å². The predicted octanol–water partition coefficient (Wildman–Crippen LogP) is 0.926. The fourth-order valence-corrected chi connectivity index (χ4v) is 2.63. The Morgan fingerprint density at radius 1 is 1.58 bits per heavy atom. The van der Waals surface area contributed by atoms with E-state index in [9.17, 15) is 4.79 Å². The summed E-state index contributed by atoms with van der Waals surface area (Å²) < 4.78 is 0. The minimum Gasteiger partial charge on any atom is -0.346 e. The summed E-state index contributed by atoms with van der Waals surface area (Å²) in [4.78, 5) is 21.7. The lowest BCUT2D eigenvalue weighted by molar-refractivity contribution is -0.133. The number of pyridine rings is 1. The van der Waals surface area contributed by atoms with E-state index in [-0.39, 0.29) is 11.9 Å². The van der Waals surface area contributed by atoms with Crippen LogP contribution < -0.4 is 5.32 Å². The van der Waals surface area contributed by atoms with Gasteiger partial charge in [0.15, 0.2) is 0 Å². The third kappa shape index (κ3) is 2.33. The van der Waals surface area contributed by atoms with Gasteiger partial charge in [-0.3, -0.25) is 4.79 Å². The third-order valence-corrected chi connectivity index (χ3v) is 3.70. The van der Waals surface area contributed by atoms with Crippen molar-refractivity contribution in [3.63, 3.8) is 0 Å². The number of aromatic amines is 1. The summed E-state index contributed by atoms with van der Waals surface area (Å²) in [6.07, 6.45) is 4.08. The van der Waals surface area contributed by atoms with Crippen molar-refractivity contribution in [1.29, 1.82) is 0 Å². The highest BCUT2D eigenvalue weighted by Crippen LogP contribution is 2.17. The zero-order valence-corrected chi connectivity index (χ0v) is 11.0. The van der Waals surface area contributed by atoms with Gasteiger partial charge < -0.3 is 15.2 Å². The van der Waals surface area contributed by atoms with Crippen LogP contribution in [0.2, 0.25) is 0 Å². The molecule has 19 heavy (non-hydrogen) atoms. The average molecular weight is 258 g/mol. The quantitative estimate of drug-likeness (QED) is 0.842. The fourth-order valence-electron chi connectivity index (χ4n) is 2.63. The number of fused-ring (bicyclic) bond motifs is 1. The molecular weight excluding hydrogens is 240 g/mol. The molecule has 1 saturated heterocycles. The fraction of sp³-hybridized carbons (Fsp3) is 0.429. The van der Waals surface area contributed by atoms with Crippen molar-refractivity contribution in [1.82, 2.24) is 20.2 Å². The van der Waals surface area contributed by atoms with Crippen molar-refractivity contribution in [2.24, 2.45) is 0 Å². The number of nitrogens with zero attached hydrogens (tertiary/aromatic N) is 2. The molecule has 1 aliphatic heterocycles. The smallest absolute Gasteiger partial charge is 0.227 e. The molecule has 2 aromatic rings. The Balaban J connectivity index is 1.79. The van der Waals surface area contributed by atoms with Gasteiger partial charge in [0.2, 0.25) is 5.91 Å². The van der Waals surface area contributed by atoms with E-state index >= 15 is 0 Å². The lowest BCUT2D eigenvalue weighted by atomic mass is 10.1. The summed E-state index contributed by atoms with van der Waals surface area (Å²) in [5.74, 6) is 0.193. The second-order valence-corrected chi connectivity index (χ2v) is 5.03. The molecule has 0 aromatic carbocycles. The summed E-state index contributed by atoms with van der Waals surface area (Å²) in [5, 5.41) is 4.34. The van der Waals surface area contributed by atoms with Gasteiger partial charge >= 0.3 is 0 Å². The molecule has 0 spiro atoms. The van der Waals surface area contributed by atoms with Gasteiger partial charge in [-0.2, -0.15) is 0 Å². The zero-order chi connectivity index (χ0) is 13.2. The molecule has 1 fully saturated rings. The van der Waals surface area contributed by atoms with E-state index < -0.39 is 0 Å². The molecule has 1 atom stereocenters. The number of carbonyl (C=O) groups excluding carboxylic acids is 1. The molecule has 0 unspecified atom stereocenters. The number of hydrogen-bond donors (Lipinski definition) is 2. The maximum absolute atomic E-state index is 12.4. The molecule has 2 N–H and O–H groups in total. The standard InChI is InChI=1S/C14H18N4O/c1-10-8-15-5-6-18(10)13(19)7-11-9-17-14-12(11)3-2-4-16-14/h2-4,9-10,15H,5-8H2,1H3,(H,16,17)/t10-/m0/s1. The first kappa shape index (κ1) is 12.2. The lowest BCUT2D eigenvalue weighted by Gasteiger charge is -2.34. The highest BCUT2D eigenvalue weighted by molar-refractivity contribution is 5.87. The molecule has 2 aromatic heterocycles. The third-order valence-electron chi connectivity index (χ3n) is 3.70. The van der Waals surface area contributed by atoms with Crippen LogP contribution in [0.15, 0.2) is 24.5 Å². The number of carbonyl (C=O) groups is 1. The monoisotopic (exact) mass is 258 g/mol. The highest BCUT2D eigenvalue weighted by Gasteiger charge is 2.23. The molecule has 0 saturated carbocycles. The van der Waals surface area contributed by atoms with Crippen molar-refractivity contribution in [3.8, 4) is 0 Å². The van der Waals surface area contributed by atoms with Gasteiger partial charge in [0.1, 0.15) is 5.65 Å². The van der Waals surface area contributed by atoms with E-state index in [1.165, 1.54) is 0 Å². The molecule has 0 bridgehead atoms. The summed E-state index contributed by atoms with van der Waals surface area (Å²) in [6, 6.07) is 4.17. The van der Waals surface area contributed by atoms with Gasteiger partial charge in [-0.05, 0) is 24.6 Å². The van der Waals surface area contributed by atoms with Crippen LogP contribution in [0.3, 0.4) is 0 Å². The number of aromatic nitrogens is 2. The van der Waals surface area contributed by atoms with Gasteiger partial charge in [-0.25, -0.2) is 4.98 Å². The van der Waals surface area contributed by atoms with Crippen LogP contribution in [-0.2, 0) is 11.2 Å². The van der Waals surface area contributed by atoms with Gasteiger partial charge in [0.25, 0.3) is 0 Å². The van der Waals surface area contributed by atoms with Crippen molar-refractivity contribution < 1.29 is 4.79 Å². The minimum atomic E-state index is 0.193. The number of hydrogen-bond acceptors (Lipinski definition) is 3. The van der Waals surface area contributed by atoms with Gasteiger partial charge in [0.05, 0.1) is 6.42 Å². The summed E-state index contributed by atoms with van der Waals surface area (Å²) >= 11 is 0. The van der Waals surface area contributed by atoms with Crippen molar-refractivity contribution >= 4 is 16.9 Å². The maximum atomic E-state index is 12.4. The summed E-state index contributed by atoms with van der Waals surface area (Å²) in [5.41, 5.74) is 1.87. The SMILES string of the molecule is C[C@H]1CNCCN1C(=O)Cc1c[nH]c2ncccc12. The van der Waals surface area contributed by atoms with Crippen molar-refractivity contribution in [3.05, 3.63) is 30.1 Å². The molecular formula is C14H18N4O. The van der Waals surface area contributed by atoms with Gasteiger partial charge in [-0.15, -0.1) is 0 Å². The first-order valence-corrected chi connectivity index (χ1v) is 6.67. The number of nitrogens with one attached hydrogen (secondary N) is 2. The second-order valence-electron chi connectivity index (χ2n) is 5.03. The number of piperazine rings is 1. The van der Waals surface area contributed by atoms with E-state index in [2.05, 4.69) is 22.2 Å². The maximum Gasteiger partial charge on any atom is 0.227 e. The Morgan fingerprint density at radius 3 is 3.32 bits per heavy atom. The van der Waals surface area contributed by atoms with E-state index in [1.807, 2.05) is 23.2 Å². The largest absolute Gasteiger partial charge is 0.346 e. The Morgan fingerprint density at radius 2 is 2.47 bits per heavy atom. The van der Waals surface area contributed by atoms with Crippen LogP contribution in [0.5, 0.6) is 0 Å². The second kappa shape index (κ2) is 5.01. The Hall–Kier alpha value is -1.88. The first-order chi connectivity index (χ1) is 9.25. The van der Waals surface area contributed by atoms with Crippen LogP contribution in [0, 0.1) is 0 Å². The average Bonchev–Trinajstić information content (AvgIpc) is 2.83. The van der Waals surface area contributed by atoms with E-state index in [0.29, 0.717) is 6.42 Å². The zero-order valence-electron chi connectivity index (χ0n) is 11.0. The molecule has 0 radical (unpaired) electrons. The molecule has 3 heterocycles. The van der Waals surface area contributed by atoms with E-state index in [4.69, 9.17) is 0 Å². The first-order valence-electron chi connectivity index (χ1n) is 6.67. The predicted molar refractivity (Wildman–Crippen MR) is 73.8 cm³/mol. The van der Waals surface area contributed by atoms with Gasteiger partial charge in [0, 0.05) is 43.5 Å². The van der Waals surface area contributed by atoms with Crippen LogP contribution in [0.25, 0.3) is 11.0 Å². The van der Waals surface area contributed by atoms with E-state index in [0.717, 1.165) is 36.2 Å². The Labute approximate surface area is 112 Å². The number of H-pyrrole nitrogens is 1. The number of amides is 1. The molecule has 1 amide bonds. The highest BCUT2D eigenvalue weighted by atomic mass is 16.2. The topological polar surface area (TPSA) is 61.0 Å². The minimum absolute atomic E-state index is 0.193. The van der Waals surface area contributed by atoms with Crippen LogP contribution in [0.4, 0.5) is 0 Å². The van der Waals surface area contributed by atoms with E-state index in [1.54, 1.807) is 6.20 Å². The molecule has 1 aliphatic rings. The molecule has 5 heteroatoms. The number of rotatable bonds is 2. The molecule has 100 valence electrons. The molecule has 5 nitrogen and oxygen atoms in total. The van der Waals surface area contributed by atoms with Crippen LogP contribution >= 0.6 is 0 Å². The summed E-state index contributed by atoms with van der Waals surface area (Å²) in [7, 11) is 0. The molecule has 3 rings (SSSR count). The van der Waals surface area contributed by atoms with Crippen molar-refractivity contribution in [2.45, 2.75) is 19.4 Å². The summed E-state index contributed by atoms with van der Waals surface area (Å²) in [6.45, 7) is 4.63. The van der Waals surface area contributed by atoms with Crippen LogP contribution in [-0.4, -0.2) is 46.5 Å². The molecule has 0 aliphatic carbocycles. The lowest BCUT2D eigenvalue weighted by Crippen LogP contribution is -2.52. The normalized spacial score (nSPS) is 19.8. The Kier molecular flexibility index (Phi) is 3.21. The van der Waals surface area contributed by atoms with Crippen LogP contribution in [0.1, 0.15) is 12.5 Å².